The molecule has 0 saturated carbocycles. The van der Waals surface area contributed by atoms with Crippen molar-refractivity contribution in [3.8, 4) is 0 Å². The molecule has 1 atom stereocenters. The zero-order valence-electron chi connectivity index (χ0n) is 6.18. The molecule has 4 nitrogen and oxygen atoms in total. The minimum Gasteiger partial charge on any atom is -0.368 e. The highest BCUT2D eigenvalue weighted by atomic mass is 16.2. The fourth-order valence-corrected chi connectivity index (χ4v) is 0.620. The Bertz CT molecular complexity index is 145. The summed E-state index contributed by atoms with van der Waals surface area (Å²) in [5.41, 5.74) is 4.94. The van der Waals surface area contributed by atoms with Crippen molar-refractivity contribution in [2.75, 3.05) is 0 Å². The number of hydrogen-bond donors (Lipinski definition) is 2. The zero-order chi connectivity index (χ0) is 8.15. The SMILES string of the molecule is CC[C@@H](NC(C)=O)C(N)=O. The summed E-state index contributed by atoms with van der Waals surface area (Å²) in [7, 11) is 0. The van der Waals surface area contributed by atoms with Crippen LogP contribution < -0.4 is 11.1 Å². The number of nitrogens with two attached hydrogens (primary N) is 1. The average Bonchev–Trinajstić information content (AvgIpc) is 1.81. The highest BCUT2D eigenvalue weighted by molar-refractivity contribution is 5.85. The molecule has 0 aliphatic rings. The summed E-state index contributed by atoms with van der Waals surface area (Å²) in [6.07, 6.45) is 0.537. The second-order valence-corrected chi connectivity index (χ2v) is 2.06. The zero-order valence-corrected chi connectivity index (χ0v) is 6.18. The van der Waals surface area contributed by atoms with Crippen LogP contribution in [0.5, 0.6) is 0 Å². The molecule has 2 amide bonds. The van der Waals surface area contributed by atoms with E-state index >= 15 is 0 Å². The Morgan fingerprint density at radius 2 is 2.10 bits per heavy atom. The summed E-state index contributed by atoms with van der Waals surface area (Å²) in [4.78, 5) is 20.9. The third kappa shape index (κ3) is 3.06. The van der Waals surface area contributed by atoms with Crippen molar-refractivity contribution in [3.05, 3.63) is 0 Å². The van der Waals surface area contributed by atoms with Crippen LogP contribution in [0.3, 0.4) is 0 Å². The maximum Gasteiger partial charge on any atom is 0.239 e. The Kier molecular flexibility index (Phi) is 3.46. The number of nitrogens with one attached hydrogen (secondary N) is 1. The van der Waals surface area contributed by atoms with Gasteiger partial charge in [-0.1, -0.05) is 6.92 Å². The molecule has 0 aliphatic carbocycles. The van der Waals surface area contributed by atoms with Crippen LogP contribution >= 0.6 is 0 Å². The molecule has 0 saturated heterocycles. The van der Waals surface area contributed by atoms with E-state index in [0.29, 0.717) is 6.42 Å². The summed E-state index contributed by atoms with van der Waals surface area (Å²) >= 11 is 0. The van der Waals surface area contributed by atoms with Gasteiger partial charge in [-0.25, -0.2) is 0 Å². The van der Waals surface area contributed by atoms with E-state index in [2.05, 4.69) is 5.32 Å². The van der Waals surface area contributed by atoms with Crippen molar-refractivity contribution in [1.29, 1.82) is 0 Å². The molecule has 0 rings (SSSR count). The molecule has 0 aromatic carbocycles. The van der Waals surface area contributed by atoms with Gasteiger partial charge in [-0.05, 0) is 6.42 Å². The Morgan fingerprint density at radius 3 is 2.20 bits per heavy atom. The van der Waals surface area contributed by atoms with Crippen molar-refractivity contribution in [2.45, 2.75) is 26.3 Å². The molecule has 0 heterocycles. The van der Waals surface area contributed by atoms with Crippen LogP contribution in [-0.4, -0.2) is 17.9 Å². The standard InChI is InChI=1S/C6H12N2O2/c1-3-5(6(7)10)8-4(2)9/h5H,3H2,1-2H3,(H2,7,10)(H,8,9)/t5-/m1/s1. The lowest BCUT2D eigenvalue weighted by Crippen LogP contribution is -2.42. The second-order valence-electron chi connectivity index (χ2n) is 2.06. The molecular weight excluding hydrogens is 132 g/mol. The number of amides is 2. The van der Waals surface area contributed by atoms with Crippen molar-refractivity contribution in [1.82, 2.24) is 5.32 Å². The van der Waals surface area contributed by atoms with E-state index < -0.39 is 11.9 Å². The Morgan fingerprint density at radius 1 is 1.60 bits per heavy atom. The van der Waals surface area contributed by atoms with Gasteiger partial charge in [-0.2, -0.15) is 0 Å². The van der Waals surface area contributed by atoms with Gasteiger partial charge >= 0.3 is 0 Å². The molecule has 58 valence electrons. The van der Waals surface area contributed by atoms with Crippen molar-refractivity contribution in [3.63, 3.8) is 0 Å². The molecule has 0 spiro atoms. The number of hydrogen-bond acceptors (Lipinski definition) is 2. The van der Waals surface area contributed by atoms with Crippen LogP contribution in [0, 0.1) is 0 Å². The van der Waals surface area contributed by atoms with Gasteiger partial charge in [0.2, 0.25) is 11.8 Å². The first-order valence-electron chi connectivity index (χ1n) is 3.14. The van der Waals surface area contributed by atoms with Crippen LogP contribution in [0.25, 0.3) is 0 Å². The highest BCUT2D eigenvalue weighted by Gasteiger charge is 2.12. The molecule has 0 aliphatic heterocycles. The molecule has 0 aromatic heterocycles. The minimum atomic E-state index is -0.516. The lowest BCUT2D eigenvalue weighted by atomic mass is 10.2. The van der Waals surface area contributed by atoms with Gasteiger partial charge in [0.1, 0.15) is 6.04 Å². The fraction of sp³-hybridized carbons (Fsp3) is 0.667. The topological polar surface area (TPSA) is 72.2 Å². The van der Waals surface area contributed by atoms with E-state index in [1.54, 1.807) is 6.92 Å². The molecule has 0 bridgehead atoms. The summed E-state index contributed by atoms with van der Waals surface area (Å²) in [5.74, 6) is -0.719. The first-order chi connectivity index (χ1) is 4.57. The van der Waals surface area contributed by atoms with E-state index in [4.69, 9.17) is 5.73 Å². The Balaban J connectivity index is 3.83. The van der Waals surface area contributed by atoms with E-state index in [9.17, 15) is 9.59 Å². The average molecular weight is 144 g/mol. The van der Waals surface area contributed by atoms with Gasteiger partial charge in [-0.15, -0.1) is 0 Å². The number of carbonyl (C=O) groups is 2. The quantitative estimate of drug-likeness (QED) is 0.554. The molecule has 0 radical (unpaired) electrons. The molecule has 0 aromatic rings. The van der Waals surface area contributed by atoms with Crippen LogP contribution in [0.15, 0.2) is 0 Å². The molecule has 0 unspecified atom stereocenters. The Hall–Kier alpha value is -1.06. The predicted molar refractivity (Wildman–Crippen MR) is 37.1 cm³/mol. The van der Waals surface area contributed by atoms with Crippen LogP contribution in [-0.2, 0) is 9.59 Å². The summed E-state index contributed by atoms with van der Waals surface area (Å²) in [6.45, 7) is 3.14. The van der Waals surface area contributed by atoms with Crippen LogP contribution in [0.2, 0.25) is 0 Å². The largest absolute Gasteiger partial charge is 0.368 e. The summed E-state index contributed by atoms with van der Waals surface area (Å²) in [5, 5.41) is 2.42. The second kappa shape index (κ2) is 3.87. The molecular formula is C6H12N2O2. The number of primary amides is 1. The predicted octanol–water partition coefficient (Wildman–Crippen LogP) is -0.614. The molecule has 10 heavy (non-hydrogen) atoms. The van der Waals surface area contributed by atoms with E-state index in [0.717, 1.165) is 0 Å². The van der Waals surface area contributed by atoms with Crippen LogP contribution in [0.4, 0.5) is 0 Å². The van der Waals surface area contributed by atoms with Crippen molar-refractivity contribution in [2.24, 2.45) is 5.73 Å². The van der Waals surface area contributed by atoms with Crippen molar-refractivity contribution < 1.29 is 9.59 Å². The monoisotopic (exact) mass is 144 g/mol. The smallest absolute Gasteiger partial charge is 0.239 e. The van der Waals surface area contributed by atoms with Gasteiger partial charge in [0, 0.05) is 6.92 Å². The van der Waals surface area contributed by atoms with Gasteiger partial charge in [-0.3, -0.25) is 9.59 Å². The molecule has 4 heteroatoms. The van der Waals surface area contributed by atoms with E-state index in [1.807, 2.05) is 0 Å². The van der Waals surface area contributed by atoms with Gasteiger partial charge < -0.3 is 11.1 Å². The number of rotatable bonds is 3. The molecule has 3 N–H and O–H groups in total. The highest BCUT2D eigenvalue weighted by Crippen LogP contribution is 1.87. The van der Waals surface area contributed by atoms with Crippen molar-refractivity contribution >= 4 is 11.8 Å². The van der Waals surface area contributed by atoms with E-state index in [1.165, 1.54) is 6.92 Å². The van der Waals surface area contributed by atoms with Gasteiger partial charge in [0.15, 0.2) is 0 Å². The minimum absolute atomic E-state index is 0.231. The van der Waals surface area contributed by atoms with Crippen LogP contribution in [0.1, 0.15) is 20.3 Å². The maximum absolute atomic E-state index is 10.5. The summed E-state index contributed by atoms with van der Waals surface area (Å²) in [6, 6.07) is -0.516. The summed E-state index contributed by atoms with van der Waals surface area (Å²) < 4.78 is 0. The lowest BCUT2D eigenvalue weighted by Gasteiger charge is -2.10. The molecule has 0 fully saturated rings. The lowest BCUT2D eigenvalue weighted by molar-refractivity contribution is -0.126. The number of carbonyl (C=O) groups excluding carboxylic acids is 2. The van der Waals surface area contributed by atoms with Gasteiger partial charge in [0.05, 0.1) is 0 Å². The fourth-order valence-electron chi connectivity index (χ4n) is 0.620. The van der Waals surface area contributed by atoms with E-state index in [-0.39, 0.29) is 5.91 Å². The first-order valence-corrected chi connectivity index (χ1v) is 3.14. The maximum atomic E-state index is 10.5. The first kappa shape index (κ1) is 8.94. The third-order valence-electron chi connectivity index (χ3n) is 1.13. The van der Waals surface area contributed by atoms with Gasteiger partial charge in [0.25, 0.3) is 0 Å². The Labute approximate surface area is 59.8 Å². The third-order valence-corrected chi connectivity index (χ3v) is 1.13. The normalized spacial score (nSPS) is 12.2.